The normalized spacial score (nSPS) is 10.1. The van der Waals surface area contributed by atoms with Crippen molar-refractivity contribution in [3.8, 4) is 16.3 Å². The van der Waals surface area contributed by atoms with Crippen LogP contribution in [0.4, 0.5) is 4.79 Å². The fourth-order valence-corrected chi connectivity index (χ4v) is 2.18. The molecule has 16 heavy (non-hydrogen) atoms. The molecule has 1 heterocycles. The first kappa shape index (κ1) is 10.6. The van der Waals surface area contributed by atoms with Gasteiger partial charge in [0.05, 0.1) is 9.88 Å². The lowest BCUT2D eigenvalue weighted by atomic mass is 10.2. The molecule has 0 fully saturated rings. The average molecular weight is 235 g/mol. The minimum atomic E-state index is -1.34. The molecule has 0 aliphatic heterocycles. The van der Waals surface area contributed by atoms with E-state index in [4.69, 9.17) is 5.11 Å². The lowest BCUT2D eigenvalue weighted by Gasteiger charge is -1.99. The molecule has 1 N–H and O–H groups in total. The number of carbonyl (C=O) groups is 1. The number of aryl methyl sites for hydroxylation is 1. The average Bonchev–Trinajstić information content (AvgIpc) is 2.60. The maximum Gasteiger partial charge on any atom is 0.512 e. The van der Waals surface area contributed by atoms with E-state index in [0.717, 1.165) is 15.4 Å². The van der Waals surface area contributed by atoms with E-state index in [2.05, 4.69) is 9.72 Å². The highest BCUT2D eigenvalue weighted by molar-refractivity contribution is 7.15. The molecule has 0 atom stereocenters. The van der Waals surface area contributed by atoms with E-state index in [1.54, 1.807) is 0 Å². The molecule has 0 amide bonds. The molecule has 4 nitrogen and oxygen atoms in total. The first-order valence-corrected chi connectivity index (χ1v) is 5.42. The van der Waals surface area contributed by atoms with E-state index in [1.807, 2.05) is 37.3 Å². The molecule has 0 unspecified atom stereocenters. The lowest BCUT2D eigenvalue weighted by Crippen LogP contribution is -2.03. The van der Waals surface area contributed by atoms with Gasteiger partial charge in [0.25, 0.3) is 0 Å². The molecular formula is C11H9NO3S. The zero-order valence-electron chi connectivity index (χ0n) is 8.51. The van der Waals surface area contributed by atoms with Crippen molar-refractivity contribution in [2.24, 2.45) is 0 Å². The van der Waals surface area contributed by atoms with E-state index < -0.39 is 6.16 Å². The minimum Gasteiger partial charge on any atom is -0.449 e. The van der Waals surface area contributed by atoms with E-state index >= 15 is 0 Å². The van der Waals surface area contributed by atoms with Crippen molar-refractivity contribution >= 4 is 17.5 Å². The van der Waals surface area contributed by atoms with Crippen molar-refractivity contribution in [1.82, 2.24) is 4.98 Å². The third kappa shape index (κ3) is 2.20. The number of ether oxygens (including phenoxy) is 1. The Bertz CT molecular complexity index is 507. The van der Waals surface area contributed by atoms with Gasteiger partial charge >= 0.3 is 6.16 Å². The fraction of sp³-hybridized carbons (Fsp3) is 0.0909. The van der Waals surface area contributed by atoms with Crippen LogP contribution in [-0.2, 0) is 0 Å². The summed E-state index contributed by atoms with van der Waals surface area (Å²) < 4.78 is 4.64. The maximum atomic E-state index is 10.5. The second kappa shape index (κ2) is 4.32. The summed E-state index contributed by atoms with van der Waals surface area (Å²) in [6, 6.07) is 9.45. The van der Waals surface area contributed by atoms with Crippen LogP contribution in [0.3, 0.4) is 0 Å². The highest BCUT2D eigenvalue weighted by Gasteiger charge is 2.14. The second-order valence-corrected chi connectivity index (χ2v) is 4.30. The molecule has 2 aromatic rings. The van der Waals surface area contributed by atoms with E-state index in [-0.39, 0.29) is 5.88 Å². The summed E-state index contributed by atoms with van der Waals surface area (Å²) in [7, 11) is 0. The number of rotatable bonds is 2. The van der Waals surface area contributed by atoms with E-state index in [1.165, 1.54) is 11.3 Å². The predicted molar refractivity (Wildman–Crippen MR) is 60.9 cm³/mol. The lowest BCUT2D eigenvalue weighted by molar-refractivity contribution is 0.143. The van der Waals surface area contributed by atoms with Crippen molar-refractivity contribution in [1.29, 1.82) is 0 Å². The fourth-order valence-electron chi connectivity index (χ4n) is 1.33. The third-order valence-corrected chi connectivity index (χ3v) is 2.92. The summed E-state index contributed by atoms with van der Waals surface area (Å²) in [5, 5.41) is 9.36. The summed E-state index contributed by atoms with van der Waals surface area (Å²) in [6.45, 7) is 1.81. The van der Waals surface area contributed by atoms with Crippen LogP contribution in [0.2, 0.25) is 0 Å². The molecule has 1 aromatic heterocycles. The van der Waals surface area contributed by atoms with Crippen LogP contribution >= 0.6 is 11.3 Å². The Morgan fingerprint density at radius 3 is 2.69 bits per heavy atom. The van der Waals surface area contributed by atoms with Crippen molar-refractivity contribution in [2.45, 2.75) is 6.92 Å². The summed E-state index contributed by atoms with van der Waals surface area (Å²) in [6.07, 6.45) is -1.34. The Morgan fingerprint density at radius 2 is 2.06 bits per heavy atom. The molecule has 0 bridgehead atoms. The van der Waals surface area contributed by atoms with Crippen molar-refractivity contribution in [3.05, 3.63) is 35.3 Å². The number of benzene rings is 1. The number of hydrogen-bond acceptors (Lipinski definition) is 4. The zero-order valence-corrected chi connectivity index (χ0v) is 9.32. The Labute approximate surface area is 96.1 Å². The van der Waals surface area contributed by atoms with Crippen LogP contribution in [0.1, 0.15) is 5.01 Å². The molecule has 0 saturated carbocycles. The first-order chi connectivity index (χ1) is 7.66. The van der Waals surface area contributed by atoms with Crippen LogP contribution < -0.4 is 4.74 Å². The summed E-state index contributed by atoms with van der Waals surface area (Å²) in [4.78, 5) is 15.3. The van der Waals surface area contributed by atoms with Gasteiger partial charge in [0.2, 0.25) is 5.88 Å². The Morgan fingerprint density at radius 1 is 1.38 bits per heavy atom. The second-order valence-electron chi connectivity index (χ2n) is 3.10. The smallest absolute Gasteiger partial charge is 0.449 e. The highest BCUT2D eigenvalue weighted by Crippen LogP contribution is 2.35. The van der Waals surface area contributed by atoms with Gasteiger partial charge in [0.1, 0.15) is 0 Å². The van der Waals surface area contributed by atoms with E-state index in [0.29, 0.717) is 0 Å². The van der Waals surface area contributed by atoms with Crippen molar-refractivity contribution in [2.75, 3.05) is 0 Å². The maximum absolute atomic E-state index is 10.5. The van der Waals surface area contributed by atoms with Gasteiger partial charge < -0.3 is 9.84 Å². The van der Waals surface area contributed by atoms with Gasteiger partial charge in [-0.1, -0.05) is 30.3 Å². The molecule has 82 valence electrons. The Balaban J connectivity index is 2.44. The quantitative estimate of drug-likeness (QED) is 0.812. The molecular weight excluding hydrogens is 226 g/mol. The van der Waals surface area contributed by atoms with Crippen molar-refractivity contribution < 1.29 is 14.6 Å². The van der Waals surface area contributed by atoms with Crippen LogP contribution in [-0.4, -0.2) is 16.2 Å². The summed E-state index contributed by atoms with van der Waals surface area (Å²) in [5.41, 5.74) is 0.907. The molecule has 0 spiro atoms. The molecule has 5 heteroatoms. The predicted octanol–water partition coefficient (Wildman–Crippen LogP) is 3.18. The molecule has 0 radical (unpaired) electrons. The molecule has 1 aromatic carbocycles. The number of nitrogens with zero attached hydrogens (tertiary/aromatic N) is 1. The number of thiazole rings is 1. The molecule has 0 aliphatic rings. The Kier molecular flexibility index (Phi) is 2.87. The molecule has 0 saturated heterocycles. The topological polar surface area (TPSA) is 59.4 Å². The summed E-state index contributed by atoms with van der Waals surface area (Å²) >= 11 is 1.41. The van der Waals surface area contributed by atoms with Crippen LogP contribution in [0.5, 0.6) is 5.88 Å². The number of hydrogen-bond donors (Lipinski definition) is 1. The Hall–Kier alpha value is -1.88. The minimum absolute atomic E-state index is 0.154. The monoisotopic (exact) mass is 235 g/mol. The third-order valence-electron chi connectivity index (χ3n) is 1.92. The molecule has 2 rings (SSSR count). The zero-order chi connectivity index (χ0) is 11.5. The van der Waals surface area contributed by atoms with Crippen LogP contribution in [0.15, 0.2) is 30.3 Å². The van der Waals surface area contributed by atoms with Crippen LogP contribution in [0.25, 0.3) is 10.4 Å². The van der Waals surface area contributed by atoms with Gasteiger partial charge in [-0.3, -0.25) is 0 Å². The SMILES string of the molecule is Cc1nc(OC(=O)O)c(-c2ccccc2)s1. The first-order valence-electron chi connectivity index (χ1n) is 4.60. The van der Waals surface area contributed by atoms with Gasteiger partial charge in [0, 0.05) is 0 Å². The molecule has 0 aliphatic carbocycles. The summed E-state index contributed by atoms with van der Waals surface area (Å²) in [5.74, 6) is 0.154. The van der Waals surface area contributed by atoms with Gasteiger partial charge in [-0.05, 0) is 12.5 Å². The van der Waals surface area contributed by atoms with Gasteiger partial charge in [0.15, 0.2) is 0 Å². The highest BCUT2D eigenvalue weighted by atomic mass is 32.1. The van der Waals surface area contributed by atoms with E-state index in [9.17, 15) is 4.79 Å². The largest absolute Gasteiger partial charge is 0.512 e. The standard InChI is InChI=1S/C11H9NO3S/c1-7-12-10(15-11(13)14)9(16-7)8-5-3-2-4-6-8/h2-6H,1H3,(H,13,14). The van der Waals surface area contributed by atoms with Gasteiger partial charge in [-0.2, -0.15) is 0 Å². The van der Waals surface area contributed by atoms with Crippen molar-refractivity contribution in [3.63, 3.8) is 0 Å². The number of carboxylic acid groups (broad SMARTS) is 1. The van der Waals surface area contributed by atoms with Crippen LogP contribution in [0, 0.1) is 6.92 Å². The number of aromatic nitrogens is 1. The van der Waals surface area contributed by atoms with Gasteiger partial charge in [-0.25, -0.2) is 9.78 Å². The van der Waals surface area contributed by atoms with Gasteiger partial charge in [-0.15, -0.1) is 11.3 Å².